The van der Waals surface area contributed by atoms with E-state index in [2.05, 4.69) is 10.3 Å². The van der Waals surface area contributed by atoms with Crippen LogP contribution in [0.4, 0.5) is 11.5 Å². The summed E-state index contributed by atoms with van der Waals surface area (Å²) in [7, 11) is -3.26. The average Bonchev–Trinajstić information content (AvgIpc) is 2.26. The van der Waals surface area contributed by atoms with Crippen LogP contribution in [0.1, 0.15) is 24.3 Å². The van der Waals surface area contributed by atoms with Crippen LogP contribution in [-0.4, -0.2) is 42.0 Å². The van der Waals surface area contributed by atoms with Gasteiger partial charge in [-0.25, -0.2) is 18.2 Å². The third-order valence-electron chi connectivity index (χ3n) is 2.83. The number of rotatable bonds is 5. The molecule has 106 valence electrons. The van der Waals surface area contributed by atoms with Crippen molar-refractivity contribution >= 4 is 27.3 Å². The molecule has 0 unspecified atom stereocenters. The van der Waals surface area contributed by atoms with Crippen LogP contribution in [0.15, 0.2) is 12.1 Å². The molecule has 1 rings (SSSR count). The van der Waals surface area contributed by atoms with Gasteiger partial charge in [0.25, 0.3) is 0 Å². The lowest BCUT2D eigenvalue weighted by atomic mass is 10.2. The molecule has 0 bridgehead atoms. The van der Waals surface area contributed by atoms with E-state index in [4.69, 9.17) is 10.8 Å². The molecule has 0 aromatic carbocycles. The van der Waals surface area contributed by atoms with Crippen LogP contribution >= 0.6 is 0 Å². The van der Waals surface area contributed by atoms with Gasteiger partial charge in [0.05, 0.1) is 10.4 Å². The summed E-state index contributed by atoms with van der Waals surface area (Å²) in [6.07, 6.45) is 1.14. The molecule has 0 aliphatic rings. The molecular weight excluding hydrogens is 270 g/mol. The first-order chi connectivity index (χ1) is 8.54. The zero-order chi connectivity index (χ0) is 14.8. The molecule has 0 fully saturated rings. The maximum Gasteiger partial charge on any atom is 0.354 e. The van der Waals surface area contributed by atoms with Crippen molar-refractivity contribution < 1.29 is 18.3 Å². The predicted molar refractivity (Wildman–Crippen MR) is 73.0 cm³/mol. The third kappa shape index (κ3) is 3.57. The first-order valence-corrected chi connectivity index (χ1v) is 7.37. The molecule has 1 heterocycles. The molecule has 8 heteroatoms. The molecule has 0 aliphatic heterocycles. The number of hydrogen-bond donors (Lipinski definition) is 3. The Morgan fingerprint density at radius 2 is 2.05 bits per heavy atom. The summed E-state index contributed by atoms with van der Waals surface area (Å²) in [5.74, 6) is -1.01. The van der Waals surface area contributed by atoms with E-state index >= 15 is 0 Å². The van der Waals surface area contributed by atoms with Crippen molar-refractivity contribution in [2.45, 2.75) is 18.6 Å². The van der Waals surface area contributed by atoms with E-state index < -0.39 is 20.6 Å². The molecule has 0 aliphatic carbocycles. The van der Waals surface area contributed by atoms with Crippen molar-refractivity contribution in [2.24, 2.45) is 0 Å². The highest BCUT2D eigenvalue weighted by Crippen LogP contribution is 2.20. The molecular formula is C11H17N3O4S. The molecule has 0 saturated carbocycles. The minimum atomic E-state index is -3.26. The Balaban J connectivity index is 2.95. The van der Waals surface area contributed by atoms with Gasteiger partial charge in [-0.15, -0.1) is 0 Å². The van der Waals surface area contributed by atoms with Crippen LogP contribution in [0, 0.1) is 0 Å². The van der Waals surface area contributed by atoms with Crippen LogP contribution in [0.3, 0.4) is 0 Å². The molecule has 1 aromatic rings. The number of carboxylic acid groups (broad SMARTS) is 1. The summed E-state index contributed by atoms with van der Waals surface area (Å²) in [5, 5.41) is 11.6. The van der Waals surface area contributed by atoms with Crippen molar-refractivity contribution in [1.82, 2.24) is 4.98 Å². The molecule has 0 radical (unpaired) electrons. The number of aromatic carboxylic acids is 1. The van der Waals surface area contributed by atoms with Crippen molar-refractivity contribution in [2.75, 3.05) is 23.9 Å². The van der Waals surface area contributed by atoms with Gasteiger partial charge >= 0.3 is 5.97 Å². The highest BCUT2D eigenvalue weighted by Gasteiger charge is 2.30. The maximum atomic E-state index is 11.5. The van der Waals surface area contributed by atoms with E-state index in [9.17, 15) is 13.2 Å². The summed E-state index contributed by atoms with van der Waals surface area (Å²) in [4.78, 5) is 14.6. The highest BCUT2D eigenvalue weighted by molar-refractivity contribution is 7.92. The topological polar surface area (TPSA) is 122 Å². The van der Waals surface area contributed by atoms with E-state index in [0.717, 1.165) is 6.26 Å². The van der Waals surface area contributed by atoms with Crippen LogP contribution in [-0.2, 0) is 9.84 Å². The Morgan fingerprint density at radius 3 is 2.53 bits per heavy atom. The van der Waals surface area contributed by atoms with E-state index in [1.165, 1.54) is 12.1 Å². The van der Waals surface area contributed by atoms with Crippen molar-refractivity contribution in [1.29, 1.82) is 0 Å². The molecule has 0 spiro atoms. The monoisotopic (exact) mass is 287 g/mol. The number of aromatic nitrogens is 1. The number of hydrogen-bond acceptors (Lipinski definition) is 6. The van der Waals surface area contributed by atoms with Crippen LogP contribution < -0.4 is 11.1 Å². The molecule has 4 N–H and O–H groups in total. The number of sulfone groups is 1. The van der Waals surface area contributed by atoms with Crippen LogP contribution in [0.5, 0.6) is 0 Å². The zero-order valence-electron chi connectivity index (χ0n) is 11.0. The lowest BCUT2D eigenvalue weighted by Gasteiger charge is -2.23. The van der Waals surface area contributed by atoms with Gasteiger partial charge in [0, 0.05) is 12.8 Å². The van der Waals surface area contributed by atoms with Gasteiger partial charge in [-0.3, -0.25) is 0 Å². The lowest BCUT2D eigenvalue weighted by Crippen LogP contribution is -2.38. The SMILES string of the molecule is CC(C)(CNc1nc(C(=O)O)ccc1N)S(C)(=O)=O. The van der Waals surface area contributed by atoms with E-state index in [-0.39, 0.29) is 23.7 Å². The minimum absolute atomic E-state index is 0.0755. The Morgan fingerprint density at radius 1 is 1.47 bits per heavy atom. The van der Waals surface area contributed by atoms with Gasteiger partial charge in [0.1, 0.15) is 5.82 Å². The fraction of sp³-hybridized carbons (Fsp3) is 0.455. The average molecular weight is 287 g/mol. The normalized spacial score (nSPS) is 12.2. The van der Waals surface area contributed by atoms with Gasteiger partial charge in [-0.2, -0.15) is 0 Å². The van der Waals surface area contributed by atoms with E-state index in [1.54, 1.807) is 13.8 Å². The van der Waals surface area contributed by atoms with E-state index in [1.807, 2.05) is 0 Å². The quantitative estimate of drug-likeness (QED) is 0.724. The van der Waals surface area contributed by atoms with Gasteiger partial charge in [0.15, 0.2) is 15.5 Å². The summed E-state index contributed by atoms with van der Waals surface area (Å²) in [6.45, 7) is 3.20. The number of nitrogens with two attached hydrogens (primary N) is 1. The molecule has 19 heavy (non-hydrogen) atoms. The highest BCUT2D eigenvalue weighted by atomic mass is 32.2. The summed E-state index contributed by atoms with van der Waals surface area (Å²) >= 11 is 0. The number of carbonyl (C=O) groups is 1. The van der Waals surface area contributed by atoms with Gasteiger partial charge in [-0.1, -0.05) is 0 Å². The van der Waals surface area contributed by atoms with Crippen LogP contribution in [0.25, 0.3) is 0 Å². The second kappa shape index (κ2) is 5.04. The third-order valence-corrected chi connectivity index (χ3v) is 4.98. The summed E-state index contributed by atoms with van der Waals surface area (Å²) < 4.78 is 22.1. The number of nitrogens with one attached hydrogen (secondary N) is 1. The Bertz CT molecular complexity index is 596. The molecule has 1 aromatic heterocycles. The van der Waals surface area contributed by atoms with Gasteiger partial charge in [-0.05, 0) is 26.0 Å². The first kappa shape index (κ1) is 15.2. The standard InChI is InChI=1S/C11H17N3O4S/c1-11(2,19(3,17)18)6-13-9-7(12)4-5-8(14-9)10(15)16/h4-5H,6,12H2,1-3H3,(H,13,14)(H,15,16). The Hall–Kier alpha value is -1.83. The summed E-state index contributed by atoms with van der Waals surface area (Å²) in [5.41, 5.74) is 5.76. The number of nitrogen functional groups attached to an aromatic ring is 1. The van der Waals surface area contributed by atoms with Gasteiger partial charge < -0.3 is 16.2 Å². The molecule has 0 amide bonds. The maximum absolute atomic E-state index is 11.5. The Labute approximate surface area is 111 Å². The lowest BCUT2D eigenvalue weighted by molar-refractivity contribution is 0.0690. The van der Waals surface area contributed by atoms with Gasteiger partial charge in [0.2, 0.25) is 0 Å². The number of nitrogens with zero attached hydrogens (tertiary/aromatic N) is 1. The number of pyridine rings is 1. The van der Waals surface area contributed by atoms with Crippen LogP contribution in [0.2, 0.25) is 0 Å². The van der Waals surface area contributed by atoms with Crippen molar-refractivity contribution in [3.63, 3.8) is 0 Å². The fourth-order valence-electron chi connectivity index (χ4n) is 1.16. The Kier molecular flexibility index (Phi) is 4.04. The minimum Gasteiger partial charge on any atom is -0.477 e. The second-order valence-electron chi connectivity index (χ2n) is 4.82. The molecule has 0 saturated heterocycles. The van der Waals surface area contributed by atoms with E-state index in [0.29, 0.717) is 0 Å². The molecule has 0 atom stereocenters. The van der Waals surface area contributed by atoms with Crippen molar-refractivity contribution in [3.8, 4) is 0 Å². The number of carboxylic acids is 1. The smallest absolute Gasteiger partial charge is 0.354 e. The van der Waals surface area contributed by atoms with Crippen molar-refractivity contribution in [3.05, 3.63) is 17.8 Å². The first-order valence-electron chi connectivity index (χ1n) is 5.48. The fourth-order valence-corrected chi connectivity index (χ4v) is 1.49. The zero-order valence-corrected chi connectivity index (χ0v) is 11.8. The summed E-state index contributed by atoms with van der Waals surface area (Å²) in [6, 6.07) is 2.69. The number of anilines is 2. The predicted octanol–water partition coefficient (Wildman–Crippen LogP) is 0.597. The molecule has 7 nitrogen and oxygen atoms in total. The largest absolute Gasteiger partial charge is 0.477 e. The second-order valence-corrected chi connectivity index (χ2v) is 7.47.